The standard InChI is InChI=1S/C18H10FNO2/c19-14-6-3-9-20-17(14)13-10-22-15-8-7-11-4-1-2-5-12(11)16(15)18(13)21/h1-10H. The molecule has 0 spiro atoms. The van der Waals surface area contributed by atoms with E-state index in [0.29, 0.717) is 11.0 Å². The third-order valence-corrected chi connectivity index (χ3v) is 3.68. The van der Waals surface area contributed by atoms with Crippen molar-refractivity contribution in [2.75, 3.05) is 0 Å². The van der Waals surface area contributed by atoms with Crippen LogP contribution in [0.4, 0.5) is 4.39 Å². The van der Waals surface area contributed by atoms with E-state index < -0.39 is 5.82 Å². The van der Waals surface area contributed by atoms with Gasteiger partial charge in [-0.05, 0) is 29.0 Å². The molecule has 0 amide bonds. The van der Waals surface area contributed by atoms with Crippen LogP contribution >= 0.6 is 0 Å². The highest BCUT2D eigenvalue weighted by Crippen LogP contribution is 2.26. The summed E-state index contributed by atoms with van der Waals surface area (Å²) in [6, 6.07) is 13.9. The quantitative estimate of drug-likeness (QED) is 0.495. The Bertz CT molecular complexity index is 1070. The van der Waals surface area contributed by atoms with Crippen LogP contribution in [0.2, 0.25) is 0 Å². The van der Waals surface area contributed by atoms with E-state index in [1.165, 1.54) is 24.6 Å². The van der Waals surface area contributed by atoms with Crippen LogP contribution in [0.5, 0.6) is 0 Å². The first-order valence-electron chi connectivity index (χ1n) is 6.80. The van der Waals surface area contributed by atoms with Crippen LogP contribution in [0, 0.1) is 5.82 Å². The fourth-order valence-corrected chi connectivity index (χ4v) is 2.64. The van der Waals surface area contributed by atoms with Gasteiger partial charge in [-0.15, -0.1) is 0 Å². The van der Waals surface area contributed by atoms with E-state index in [0.717, 1.165) is 10.8 Å². The molecule has 2 aromatic heterocycles. The van der Waals surface area contributed by atoms with Crippen molar-refractivity contribution in [1.82, 2.24) is 4.98 Å². The van der Waals surface area contributed by atoms with Gasteiger partial charge >= 0.3 is 0 Å². The Morgan fingerprint density at radius 2 is 1.86 bits per heavy atom. The maximum atomic E-state index is 13.9. The summed E-state index contributed by atoms with van der Waals surface area (Å²) >= 11 is 0. The Morgan fingerprint density at radius 3 is 2.73 bits per heavy atom. The third-order valence-electron chi connectivity index (χ3n) is 3.68. The van der Waals surface area contributed by atoms with Crippen molar-refractivity contribution in [3.8, 4) is 11.3 Å². The first kappa shape index (κ1) is 12.7. The van der Waals surface area contributed by atoms with Crippen LogP contribution in [0.15, 0.2) is 70.2 Å². The largest absolute Gasteiger partial charge is 0.463 e. The third kappa shape index (κ3) is 1.81. The smallest absolute Gasteiger partial charge is 0.202 e. The number of pyridine rings is 1. The van der Waals surface area contributed by atoms with Crippen LogP contribution in [0.3, 0.4) is 0 Å². The first-order valence-corrected chi connectivity index (χ1v) is 6.80. The second kappa shape index (κ2) is 4.77. The fourth-order valence-electron chi connectivity index (χ4n) is 2.64. The van der Waals surface area contributed by atoms with E-state index in [9.17, 15) is 9.18 Å². The average Bonchev–Trinajstić information content (AvgIpc) is 2.56. The van der Waals surface area contributed by atoms with E-state index in [1.54, 1.807) is 6.07 Å². The van der Waals surface area contributed by atoms with Crippen LogP contribution in [-0.2, 0) is 0 Å². The monoisotopic (exact) mass is 291 g/mol. The molecule has 0 radical (unpaired) electrons. The van der Waals surface area contributed by atoms with Crippen LogP contribution in [-0.4, -0.2) is 4.98 Å². The SMILES string of the molecule is O=c1c(-c2ncccc2F)coc2ccc3ccccc3c12. The van der Waals surface area contributed by atoms with Gasteiger partial charge in [-0.25, -0.2) is 4.39 Å². The molecule has 0 bridgehead atoms. The molecule has 0 fully saturated rings. The van der Waals surface area contributed by atoms with Gasteiger partial charge in [0.1, 0.15) is 23.4 Å². The second-order valence-electron chi connectivity index (χ2n) is 4.97. The minimum absolute atomic E-state index is 0.00563. The van der Waals surface area contributed by atoms with Crippen molar-refractivity contribution in [3.63, 3.8) is 0 Å². The van der Waals surface area contributed by atoms with Crippen molar-refractivity contribution in [3.05, 3.63) is 77.0 Å². The summed E-state index contributed by atoms with van der Waals surface area (Å²) < 4.78 is 19.5. The zero-order valence-electron chi connectivity index (χ0n) is 11.4. The minimum atomic E-state index is -0.547. The molecule has 0 saturated heterocycles. The van der Waals surface area contributed by atoms with E-state index in [1.807, 2.05) is 30.3 Å². The molecule has 0 aliphatic carbocycles. The van der Waals surface area contributed by atoms with Crippen LogP contribution in [0.25, 0.3) is 33.0 Å². The summed E-state index contributed by atoms with van der Waals surface area (Å²) in [6.45, 7) is 0. The fraction of sp³-hybridized carbons (Fsp3) is 0. The lowest BCUT2D eigenvalue weighted by Gasteiger charge is -2.05. The predicted octanol–water partition coefficient (Wildman–Crippen LogP) is 4.15. The summed E-state index contributed by atoms with van der Waals surface area (Å²) in [5, 5.41) is 2.16. The lowest BCUT2D eigenvalue weighted by Crippen LogP contribution is -2.07. The Labute approximate surface area is 124 Å². The van der Waals surface area contributed by atoms with Gasteiger partial charge in [-0.1, -0.05) is 30.3 Å². The summed E-state index contributed by atoms with van der Waals surface area (Å²) in [4.78, 5) is 16.8. The van der Waals surface area contributed by atoms with E-state index in [4.69, 9.17) is 4.42 Å². The highest BCUT2D eigenvalue weighted by molar-refractivity contribution is 6.06. The maximum Gasteiger partial charge on any atom is 0.202 e. The van der Waals surface area contributed by atoms with Gasteiger partial charge in [0.25, 0.3) is 0 Å². The molecule has 0 N–H and O–H groups in total. The number of rotatable bonds is 1. The van der Waals surface area contributed by atoms with E-state index in [-0.39, 0.29) is 16.7 Å². The number of aromatic nitrogens is 1. The molecule has 4 heteroatoms. The summed E-state index contributed by atoms with van der Waals surface area (Å²) in [5.74, 6) is -0.547. The van der Waals surface area contributed by atoms with Crippen LogP contribution < -0.4 is 5.43 Å². The molecule has 0 saturated carbocycles. The summed E-state index contributed by atoms with van der Waals surface area (Å²) in [6.07, 6.45) is 2.72. The van der Waals surface area contributed by atoms with E-state index >= 15 is 0 Å². The van der Waals surface area contributed by atoms with Crippen molar-refractivity contribution in [1.29, 1.82) is 0 Å². The number of hydrogen-bond donors (Lipinski definition) is 0. The van der Waals surface area contributed by atoms with Gasteiger partial charge in [-0.2, -0.15) is 0 Å². The highest BCUT2D eigenvalue weighted by atomic mass is 19.1. The molecule has 0 unspecified atom stereocenters. The number of halogens is 1. The van der Waals surface area contributed by atoms with Crippen molar-refractivity contribution in [2.45, 2.75) is 0 Å². The first-order chi connectivity index (χ1) is 10.8. The normalized spacial score (nSPS) is 11.1. The Balaban J connectivity index is 2.16. The second-order valence-corrected chi connectivity index (χ2v) is 4.97. The molecular weight excluding hydrogens is 281 g/mol. The minimum Gasteiger partial charge on any atom is -0.463 e. The van der Waals surface area contributed by atoms with Gasteiger partial charge in [0, 0.05) is 6.20 Å². The number of fused-ring (bicyclic) bond motifs is 3. The lowest BCUT2D eigenvalue weighted by molar-refractivity contribution is 0.599. The Kier molecular flexibility index (Phi) is 2.76. The molecule has 4 rings (SSSR count). The summed E-state index contributed by atoms with van der Waals surface area (Å²) in [5.41, 5.74) is 0.326. The molecular formula is C18H10FNO2. The maximum absolute atomic E-state index is 13.9. The van der Waals surface area contributed by atoms with Gasteiger partial charge in [-0.3, -0.25) is 9.78 Å². The molecule has 106 valence electrons. The molecule has 0 aliphatic heterocycles. The van der Waals surface area contributed by atoms with Gasteiger partial charge in [0.05, 0.1) is 10.9 Å². The molecule has 22 heavy (non-hydrogen) atoms. The van der Waals surface area contributed by atoms with E-state index in [2.05, 4.69) is 4.98 Å². The van der Waals surface area contributed by atoms with Crippen molar-refractivity contribution < 1.29 is 8.81 Å². The molecule has 2 aromatic carbocycles. The molecule has 4 aromatic rings. The zero-order valence-corrected chi connectivity index (χ0v) is 11.4. The number of nitrogens with zero attached hydrogens (tertiary/aromatic N) is 1. The van der Waals surface area contributed by atoms with Crippen molar-refractivity contribution in [2.24, 2.45) is 0 Å². The average molecular weight is 291 g/mol. The lowest BCUT2D eigenvalue weighted by atomic mass is 10.0. The van der Waals surface area contributed by atoms with Gasteiger partial charge < -0.3 is 4.42 Å². The number of benzene rings is 2. The Hall–Kier alpha value is -3.01. The molecule has 2 heterocycles. The van der Waals surface area contributed by atoms with Gasteiger partial charge in [0.15, 0.2) is 0 Å². The predicted molar refractivity (Wildman–Crippen MR) is 83.2 cm³/mol. The number of hydrogen-bond acceptors (Lipinski definition) is 3. The summed E-state index contributed by atoms with van der Waals surface area (Å²) in [7, 11) is 0. The Morgan fingerprint density at radius 1 is 1.00 bits per heavy atom. The molecule has 0 aliphatic rings. The van der Waals surface area contributed by atoms with Crippen molar-refractivity contribution >= 4 is 21.7 Å². The van der Waals surface area contributed by atoms with Crippen LogP contribution in [0.1, 0.15) is 0 Å². The topological polar surface area (TPSA) is 43.1 Å². The van der Waals surface area contributed by atoms with Gasteiger partial charge in [0.2, 0.25) is 5.43 Å². The molecule has 0 atom stereocenters. The highest BCUT2D eigenvalue weighted by Gasteiger charge is 2.15. The molecule has 3 nitrogen and oxygen atoms in total. The zero-order chi connectivity index (χ0) is 15.1.